The lowest BCUT2D eigenvalue weighted by atomic mass is 10.1. The smallest absolute Gasteiger partial charge is 0.317 e. The number of urea groups is 1. The van der Waals surface area contributed by atoms with E-state index >= 15 is 0 Å². The minimum atomic E-state index is 0.0937. The maximum atomic E-state index is 12.1. The van der Waals surface area contributed by atoms with Crippen LogP contribution in [0.25, 0.3) is 0 Å². The van der Waals surface area contributed by atoms with Gasteiger partial charge < -0.3 is 15.1 Å². The number of anilines is 1. The van der Waals surface area contributed by atoms with Crippen LogP contribution in [0, 0.1) is 13.8 Å². The number of piperazine rings is 1. The van der Waals surface area contributed by atoms with E-state index in [0.29, 0.717) is 0 Å². The van der Waals surface area contributed by atoms with Gasteiger partial charge in [-0.25, -0.2) is 4.79 Å². The van der Waals surface area contributed by atoms with Crippen LogP contribution < -0.4 is 10.2 Å². The first kappa shape index (κ1) is 16.7. The van der Waals surface area contributed by atoms with E-state index in [1.165, 1.54) is 29.7 Å². The molecule has 1 saturated heterocycles. The van der Waals surface area contributed by atoms with Gasteiger partial charge in [-0.05, 0) is 43.5 Å². The van der Waals surface area contributed by atoms with Crippen LogP contribution in [0.5, 0.6) is 0 Å². The predicted octanol–water partition coefficient (Wildman–Crippen LogP) is 3.33. The number of amides is 2. The third kappa shape index (κ3) is 4.65. The second-order valence-corrected chi connectivity index (χ2v) is 6.26. The van der Waals surface area contributed by atoms with Crippen molar-refractivity contribution in [3.8, 4) is 0 Å². The van der Waals surface area contributed by atoms with Gasteiger partial charge in [0, 0.05) is 38.4 Å². The Hall–Kier alpha value is -1.71. The maximum absolute atomic E-state index is 12.1. The summed E-state index contributed by atoms with van der Waals surface area (Å²) in [6.07, 6.45) is 3.44. The molecular formula is C18H29N3O. The van der Waals surface area contributed by atoms with Crippen molar-refractivity contribution in [2.75, 3.05) is 37.6 Å². The molecule has 0 saturated carbocycles. The molecule has 1 fully saturated rings. The Kier molecular flexibility index (Phi) is 6.10. The maximum Gasteiger partial charge on any atom is 0.317 e. The normalized spacial score (nSPS) is 15.0. The molecule has 22 heavy (non-hydrogen) atoms. The van der Waals surface area contributed by atoms with E-state index in [-0.39, 0.29) is 6.03 Å². The van der Waals surface area contributed by atoms with Gasteiger partial charge in [-0.1, -0.05) is 25.8 Å². The van der Waals surface area contributed by atoms with Gasteiger partial charge in [0.15, 0.2) is 0 Å². The molecule has 0 unspecified atom stereocenters. The van der Waals surface area contributed by atoms with Crippen LogP contribution in [0.1, 0.15) is 37.3 Å². The number of carbonyl (C=O) groups is 1. The molecule has 122 valence electrons. The Balaban J connectivity index is 1.81. The van der Waals surface area contributed by atoms with Crippen molar-refractivity contribution in [3.05, 3.63) is 29.3 Å². The lowest BCUT2D eigenvalue weighted by Gasteiger charge is -2.36. The fourth-order valence-corrected chi connectivity index (χ4v) is 2.98. The average Bonchev–Trinajstić information content (AvgIpc) is 2.50. The third-order valence-corrected chi connectivity index (χ3v) is 4.20. The van der Waals surface area contributed by atoms with Crippen LogP contribution in [-0.2, 0) is 0 Å². The van der Waals surface area contributed by atoms with Crippen LogP contribution >= 0.6 is 0 Å². The van der Waals surface area contributed by atoms with Crippen LogP contribution in [0.4, 0.5) is 10.5 Å². The Morgan fingerprint density at radius 2 is 1.68 bits per heavy atom. The Morgan fingerprint density at radius 1 is 1.05 bits per heavy atom. The molecule has 2 rings (SSSR count). The number of carbonyl (C=O) groups excluding carboxylic acids is 1. The van der Waals surface area contributed by atoms with Gasteiger partial charge in [-0.2, -0.15) is 0 Å². The zero-order valence-electron chi connectivity index (χ0n) is 14.2. The number of rotatable bonds is 5. The number of benzene rings is 1. The van der Waals surface area contributed by atoms with E-state index in [4.69, 9.17) is 0 Å². The monoisotopic (exact) mass is 303 g/mol. The number of unbranched alkanes of at least 4 members (excludes halogenated alkanes) is 2. The van der Waals surface area contributed by atoms with Gasteiger partial charge in [-0.3, -0.25) is 0 Å². The molecule has 1 aliphatic rings. The summed E-state index contributed by atoms with van der Waals surface area (Å²) in [7, 11) is 0. The van der Waals surface area contributed by atoms with Crippen molar-refractivity contribution >= 4 is 11.7 Å². The summed E-state index contributed by atoms with van der Waals surface area (Å²) in [6, 6.07) is 6.75. The highest BCUT2D eigenvalue weighted by atomic mass is 16.2. The number of aryl methyl sites for hydroxylation is 2. The van der Waals surface area contributed by atoms with Crippen molar-refractivity contribution in [3.63, 3.8) is 0 Å². The lowest BCUT2D eigenvalue weighted by molar-refractivity contribution is 0.194. The quantitative estimate of drug-likeness (QED) is 0.847. The van der Waals surface area contributed by atoms with Crippen molar-refractivity contribution in [2.24, 2.45) is 0 Å². The first-order valence-electron chi connectivity index (χ1n) is 8.46. The zero-order valence-corrected chi connectivity index (χ0v) is 14.2. The van der Waals surface area contributed by atoms with Crippen LogP contribution in [0.15, 0.2) is 18.2 Å². The molecule has 0 bridgehead atoms. The van der Waals surface area contributed by atoms with Gasteiger partial charge in [0.05, 0.1) is 0 Å². The van der Waals surface area contributed by atoms with Crippen molar-refractivity contribution in [1.29, 1.82) is 0 Å². The molecule has 1 aliphatic heterocycles. The Bertz CT molecular complexity index is 473. The molecule has 0 atom stereocenters. The summed E-state index contributed by atoms with van der Waals surface area (Å²) in [6.45, 7) is 10.7. The number of hydrogen-bond donors (Lipinski definition) is 1. The molecule has 4 heteroatoms. The average molecular weight is 303 g/mol. The van der Waals surface area contributed by atoms with E-state index in [1.807, 2.05) is 4.90 Å². The number of nitrogens with one attached hydrogen (secondary N) is 1. The third-order valence-electron chi connectivity index (χ3n) is 4.20. The van der Waals surface area contributed by atoms with Crippen molar-refractivity contribution in [1.82, 2.24) is 10.2 Å². The molecule has 1 heterocycles. The minimum absolute atomic E-state index is 0.0937. The van der Waals surface area contributed by atoms with Crippen molar-refractivity contribution < 1.29 is 4.79 Å². The van der Waals surface area contributed by atoms with E-state index in [0.717, 1.165) is 39.1 Å². The minimum Gasteiger partial charge on any atom is -0.368 e. The molecule has 1 aromatic carbocycles. The second kappa shape index (κ2) is 8.06. The fourth-order valence-electron chi connectivity index (χ4n) is 2.98. The molecular weight excluding hydrogens is 274 g/mol. The first-order valence-corrected chi connectivity index (χ1v) is 8.46. The van der Waals surface area contributed by atoms with E-state index in [9.17, 15) is 4.79 Å². The summed E-state index contributed by atoms with van der Waals surface area (Å²) in [5.74, 6) is 0. The summed E-state index contributed by atoms with van der Waals surface area (Å²) >= 11 is 0. The highest BCUT2D eigenvalue weighted by Gasteiger charge is 2.21. The van der Waals surface area contributed by atoms with Crippen LogP contribution in [0.3, 0.4) is 0 Å². The van der Waals surface area contributed by atoms with Gasteiger partial charge in [0.1, 0.15) is 0 Å². The SMILES string of the molecule is CCCCCNC(=O)N1CCN(c2cc(C)cc(C)c2)CC1. The molecule has 4 nitrogen and oxygen atoms in total. The van der Waals surface area contributed by atoms with Crippen LogP contribution in [-0.4, -0.2) is 43.7 Å². The molecule has 0 aliphatic carbocycles. The number of nitrogens with zero attached hydrogens (tertiary/aromatic N) is 2. The lowest BCUT2D eigenvalue weighted by Crippen LogP contribution is -2.52. The van der Waals surface area contributed by atoms with Crippen molar-refractivity contribution in [2.45, 2.75) is 40.0 Å². The summed E-state index contributed by atoms with van der Waals surface area (Å²) in [4.78, 5) is 16.4. The van der Waals surface area contributed by atoms with Crippen LogP contribution in [0.2, 0.25) is 0 Å². The fraction of sp³-hybridized carbons (Fsp3) is 0.611. The first-order chi connectivity index (χ1) is 10.6. The highest BCUT2D eigenvalue weighted by molar-refractivity contribution is 5.74. The molecule has 1 N–H and O–H groups in total. The number of hydrogen-bond acceptors (Lipinski definition) is 2. The standard InChI is InChI=1S/C18H29N3O/c1-4-5-6-7-19-18(22)21-10-8-20(9-11-21)17-13-15(2)12-16(3)14-17/h12-14H,4-11H2,1-3H3,(H,19,22). The predicted molar refractivity (Wildman–Crippen MR) is 92.6 cm³/mol. The molecule has 0 spiro atoms. The highest BCUT2D eigenvalue weighted by Crippen LogP contribution is 2.20. The summed E-state index contributed by atoms with van der Waals surface area (Å²) in [5, 5.41) is 3.03. The zero-order chi connectivity index (χ0) is 15.9. The summed E-state index contributed by atoms with van der Waals surface area (Å²) < 4.78 is 0. The van der Waals surface area contributed by atoms with Gasteiger partial charge in [0.25, 0.3) is 0 Å². The van der Waals surface area contributed by atoms with E-state index in [2.05, 4.69) is 49.2 Å². The van der Waals surface area contributed by atoms with Gasteiger partial charge in [-0.15, -0.1) is 0 Å². The molecule has 2 amide bonds. The Morgan fingerprint density at radius 3 is 2.27 bits per heavy atom. The van der Waals surface area contributed by atoms with Gasteiger partial charge >= 0.3 is 6.03 Å². The summed E-state index contributed by atoms with van der Waals surface area (Å²) in [5.41, 5.74) is 3.87. The topological polar surface area (TPSA) is 35.6 Å². The Labute approximate surface area is 134 Å². The van der Waals surface area contributed by atoms with E-state index in [1.54, 1.807) is 0 Å². The largest absolute Gasteiger partial charge is 0.368 e. The molecule has 0 radical (unpaired) electrons. The second-order valence-electron chi connectivity index (χ2n) is 6.26. The molecule has 1 aromatic rings. The van der Waals surface area contributed by atoms with Gasteiger partial charge in [0.2, 0.25) is 0 Å². The molecule has 0 aromatic heterocycles. The van der Waals surface area contributed by atoms with E-state index < -0.39 is 0 Å².